The Kier molecular flexibility index (Phi) is 5.99. The van der Waals surface area contributed by atoms with Gasteiger partial charge in [0.25, 0.3) is 0 Å². The molecule has 2 aromatic carbocycles. The first-order valence-electron chi connectivity index (χ1n) is 10.5. The normalized spacial score (nSPS) is 26.3. The molecule has 2 heterocycles. The van der Waals surface area contributed by atoms with E-state index in [0.717, 1.165) is 42.7 Å². The molecule has 2 unspecified atom stereocenters. The number of rotatable bonds is 3. The number of aliphatic hydroxyl groups is 2. The second kappa shape index (κ2) is 8.66. The predicted molar refractivity (Wildman–Crippen MR) is 114 cm³/mol. The van der Waals surface area contributed by atoms with Crippen LogP contribution in [0.1, 0.15) is 35.6 Å². The van der Waals surface area contributed by atoms with Gasteiger partial charge in [-0.3, -0.25) is 9.69 Å². The molecule has 0 radical (unpaired) electrons. The van der Waals surface area contributed by atoms with E-state index in [4.69, 9.17) is 0 Å². The molecule has 2 aliphatic heterocycles. The summed E-state index contributed by atoms with van der Waals surface area (Å²) in [7, 11) is 0. The minimum atomic E-state index is -0.523. The smallest absolute Gasteiger partial charge is 0.228 e. The topological polar surface area (TPSA) is 72.8 Å². The molecule has 4 atom stereocenters. The fourth-order valence-electron chi connectivity index (χ4n) is 4.86. The van der Waals surface area contributed by atoms with Gasteiger partial charge in [0.1, 0.15) is 0 Å². The van der Waals surface area contributed by atoms with Crippen LogP contribution in [-0.2, 0) is 11.2 Å². The van der Waals surface area contributed by atoms with E-state index in [9.17, 15) is 15.0 Å². The van der Waals surface area contributed by atoms with E-state index in [1.807, 2.05) is 36.4 Å². The number of likely N-dealkylation sites (tertiary alicyclic amines) is 1. The van der Waals surface area contributed by atoms with Gasteiger partial charge >= 0.3 is 0 Å². The summed E-state index contributed by atoms with van der Waals surface area (Å²) in [5.74, 6) is 1.20. The molecule has 3 N–H and O–H groups in total. The fraction of sp³-hybridized carbons (Fsp3) is 0.458. The number of amides is 1. The van der Waals surface area contributed by atoms with Crippen molar-refractivity contribution in [1.82, 2.24) is 4.90 Å². The monoisotopic (exact) mass is 394 g/mol. The molecular weight excluding hydrogens is 364 g/mol. The average Bonchev–Trinajstić information content (AvgIpc) is 3.33. The Morgan fingerprint density at radius 2 is 1.79 bits per heavy atom. The van der Waals surface area contributed by atoms with Crippen molar-refractivity contribution >= 4 is 11.6 Å². The minimum absolute atomic E-state index is 0.0209. The molecule has 1 aliphatic carbocycles. The van der Waals surface area contributed by atoms with Crippen LogP contribution in [-0.4, -0.2) is 46.8 Å². The highest BCUT2D eigenvalue weighted by molar-refractivity contribution is 5.99. The Morgan fingerprint density at radius 3 is 2.41 bits per heavy atom. The van der Waals surface area contributed by atoms with Gasteiger partial charge in [-0.15, -0.1) is 0 Å². The molecule has 0 bridgehead atoms. The van der Waals surface area contributed by atoms with Crippen LogP contribution < -0.4 is 5.32 Å². The lowest BCUT2D eigenvalue weighted by Gasteiger charge is -2.22. The summed E-state index contributed by atoms with van der Waals surface area (Å²) in [4.78, 5) is 13.7. The van der Waals surface area contributed by atoms with Gasteiger partial charge < -0.3 is 15.5 Å². The van der Waals surface area contributed by atoms with Crippen molar-refractivity contribution in [2.24, 2.45) is 11.8 Å². The summed E-state index contributed by atoms with van der Waals surface area (Å²) in [5.41, 5.74) is 4.04. The quantitative estimate of drug-likeness (QED) is 0.749. The lowest BCUT2D eigenvalue weighted by atomic mass is 10.0. The number of aryl methyl sites for hydroxylation is 1. The third-order valence-corrected chi connectivity index (χ3v) is 6.31. The number of nitrogens with one attached hydrogen (secondary N) is 1. The zero-order valence-electron chi connectivity index (χ0n) is 16.9. The third-order valence-electron chi connectivity index (χ3n) is 6.31. The number of aliphatic hydroxyl groups excluding tert-OH is 2. The van der Waals surface area contributed by atoms with Gasteiger partial charge in [-0.25, -0.2) is 0 Å². The zero-order chi connectivity index (χ0) is 20.4. The number of carbonyl (C=O) groups is 1. The Bertz CT molecular complexity index is 840. The third kappa shape index (κ3) is 4.86. The van der Waals surface area contributed by atoms with Crippen LogP contribution in [0.5, 0.6) is 0 Å². The van der Waals surface area contributed by atoms with Gasteiger partial charge in [-0.2, -0.15) is 0 Å². The summed E-state index contributed by atoms with van der Waals surface area (Å²) in [5, 5.41) is 23.0. The highest BCUT2D eigenvalue weighted by Gasteiger charge is 2.40. The van der Waals surface area contributed by atoms with E-state index in [1.165, 1.54) is 5.56 Å². The Labute approximate surface area is 172 Å². The van der Waals surface area contributed by atoms with Crippen LogP contribution in [0.3, 0.4) is 0 Å². The van der Waals surface area contributed by atoms with Crippen LogP contribution in [0.15, 0.2) is 48.5 Å². The SMILES string of the molecule is Cc1ccccc1.O=C1Cc2cc(C(O)CN3C[C@H]4CC(O)C[C@H]4C3)ccc2N1. The number of nitrogens with zero attached hydrogens (tertiary/aromatic N) is 1. The van der Waals surface area contributed by atoms with Gasteiger partial charge in [0, 0.05) is 25.3 Å². The van der Waals surface area contributed by atoms with Crippen molar-refractivity contribution in [3.05, 3.63) is 65.2 Å². The number of hydrogen-bond acceptors (Lipinski definition) is 4. The molecule has 0 aromatic heterocycles. The van der Waals surface area contributed by atoms with Crippen LogP contribution in [0.25, 0.3) is 0 Å². The molecular formula is C24H30N2O3. The molecule has 2 fully saturated rings. The number of fused-ring (bicyclic) bond motifs is 2. The van der Waals surface area contributed by atoms with Crippen LogP contribution >= 0.6 is 0 Å². The van der Waals surface area contributed by atoms with Crippen LogP contribution in [0.2, 0.25) is 0 Å². The molecule has 1 saturated carbocycles. The maximum Gasteiger partial charge on any atom is 0.228 e. The lowest BCUT2D eigenvalue weighted by molar-refractivity contribution is -0.115. The fourth-order valence-corrected chi connectivity index (χ4v) is 4.86. The van der Waals surface area contributed by atoms with Crippen molar-refractivity contribution < 1.29 is 15.0 Å². The molecule has 5 rings (SSSR count). The second-order valence-electron chi connectivity index (χ2n) is 8.68. The van der Waals surface area contributed by atoms with E-state index in [1.54, 1.807) is 0 Å². The molecule has 0 spiro atoms. The highest BCUT2D eigenvalue weighted by atomic mass is 16.3. The van der Waals surface area contributed by atoms with E-state index in [0.29, 0.717) is 24.8 Å². The second-order valence-corrected chi connectivity index (χ2v) is 8.68. The van der Waals surface area contributed by atoms with Gasteiger partial charge in [-0.05, 0) is 48.8 Å². The maximum atomic E-state index is 11.4. The molecule has 1 amide bonds. The number of carbonyl (C=O) groups excluding carboxylic acids is 1. The van der Waals surface area contributed by atoms with Crippen molar-refractivity contribution in [3.63, 3.8) is 0 Å². The molecule has 29 heavy (non-hydrogen) atoms. The van der Waals surface area contributed by atoms with Crippen molar-refractivity contribution in [2.75, 3.05) is 25.0 Å². The summed E-state index contributed by atoms with van der Waals surface area (Å²) in [6, 6.07) is 16.0. The largest absolute Gasteiger partial charge is 0.393 e. The average molecular weight is 395 g/mol. The number of anilines is 1. The van der Waals surface area contributed by atoms with E-state index >= 15 is 0 Å². The van der Waals surface area contributed by atoms with Gasteiger partial charge in [-0.1, -0.05) is 48.0 Å². The summed E-state index contributed by atoms with van der Waals surface area (Å²) < 4.78 is 0. The molecule has 154 valence electrons. The minimum Gasteiger partial charge on any atom is -0.393 e. The summed E-state index contributed by atoms with van der Waals surface area (Å²) in [6.07, 6.45) is 1.57. The van der Waals surface area contributed by atoms with Crippen molar-refractivity contribution in [1.29, 1.82) is 0 Å². The van der Waals surface area contributed by atoms with Crippen molar-refractivity contribution in [3.8, 4) is 0 Å². The maximum absolute atomic E-state index is 11.4. The molecule has 3 aliphatic rings. The number of benzene rings is 2. The van der Waals surface area contributed by atoms with E-state index < -0.39 is 6.10 Å². The first-order chi connectivity index (χ1) is 14.0. The first-order valence-corrected chi connectivity index (χ1v) is 10.5. The zero-order valence-corrected chi connectivity index (χ0v) is 16.9. The number of β-amino-alcohol motifs (C(OH)–C–C–N with tert-alkyl or cyclic N) is 1. The van der Waals surface area contributed by atoms with Crippen LogP contribution in [0, 0.1) is 18.8 Å². The predicted octanol–water partition coefficient (Wildman–Crippen LogP) is 2.91. The summed E-state index contributed by atoms with van der Waals surface area (Å²) in [6.45, 7) is 4.66. The Balaban J connectivity index is 0.000000249. The van der Waals surface area contributed by atoms with Crippen molar-refractivity contribution in [2.45, 2.75) is 38.4 Å². The Morgan fingerprint density at radius 1 is 1.10 bits per heavy atom. The lowest BCUT2D eigenvalue weighted by Crippen LogP contribution is -2.28. The van der Waals surface area contributed by atoms with E-state index in [2.05, 4.69) is 29.3 Å². The van der Waals surface area contributed by atoms with Gasteiger partial charge in [0.05, 0.1) is 18.6 Å². The Hall–Kier alpha value is -2.21. The molecule has 5 heteroatoms. The van der Waals surface area contributed by atoms with Crippen LogP contribution in [0.4, 0.5) is 5.69 Å². The molecule has 2 aromatic rings. The van der Waals surface area contributed by atoms with Gasteiger partial charge in [0.15, 0.2) is 0 Å². The summed E-state index contributed by atoms with van der Waals surface area (Å²) >= 11 is 0. The number of hydrogen-bond donors (Lipinski definition) is 3. The first kappa shape index (κ1) is 20.1. The van der Waals surface area contributed by atoms with E-state index in [-0.39, 0.29) is 12.0 Å². The molecule has 1 saturated heterocycles. The standard InChI is InChI=1S/C17H22N2O3.C7H8/c20-14-4-12-7-19(8-13(12)5-14)9-16(21)10-1-2-15-11(3-10)6-17(22)18-15;1-7-5-3-2-4-6-7/h1-3,12-14,16,20-21H,4-9H2,(H,18,22);2-6H,1H3/t12-,13+,14?,16?;. The van der Waals surface area contributed by atoms with Gasteiger partial charge in [0.2, 0.25) is 5.91 Å². The highest BCUT2D eigenvalue weighted by Crippen LogP contribution is 2.38. The molecule has 5 nitrogen and oxygen atoms in total.